The molecule has 1 saturated carbocycles. The summed E-state index contributed by atoms with van der Waals surface area (Å²) in [6.45, 7) is 5.39. The molecule has 0 aromatic carbocycles. The fourth-order valence-corrected chi connectivity index (χ4v) is 3.20. The molecule has 3 heteroatoms. The van der Waals surface area contributed by atoms with Gasteiger partial charge in [-0.25, -0.2) is 0 Å². The Morgan fingerprint density at radius 3 is 2.39 bits per heavy atom. The fraction of sp³-hybridized carbons (Fsp3) is 1.00. The molecule has 1 fully saturated rings. The minimum Gasteiger partial charge on any atom is -0.329 e. The average molecular weight is 255 g/mol. The maximum absolute atomic E-state index is 6.15. The Balaban J connectivity index is 2.60. The molecule has 1 aliphatic carbocycles. The second kappa shape index (κ2) is 7.46. The van der Waals surface area contributed by atoms with Crippen LogP contribution in [0.25, 0.3) is 0 Å². The summed E-state index contributed by atoms with van der Waals surface area (Å²) in [4.78, 5) is 4.79. The van der Waals surface area contributed by atoms with Gasteiger partial charge in [0, 0.05) is 25.2 Å². The van der Waals surface area contributed by atoms with Crippen LogP contribution in [0.15, 0.2) is 0 Å². The van der Waals surface area contributed by atoms with Crippen molar-refractivity contribution in [2.75, 3.05) is 40.8 Å². The Kier molecular flexibility index (Phi) is 6.61. The van der Waals surface area contributed by atoms with E-state index in [4.69, 9.17) is 5.73 Å². The van der Waals surface area contributed by atoms with Crippen LogP contribution in [-0.2, 0) is 0 Å². The highest BCUT2D eigenvalue weighted by Crippen LogP contribution is 2.34. The van der Waals surface area contributed by atoms with E-state index < -0.39 is 0 Å². The predicted octanol–water partition coefficient (Wildman–Crippen LogP) is 2.17. The van der Waals surface area contributed by atoms with Gasteiger partial charge in [-0.05, 0) is 46.3 Å². The van der Waals surface area contributed by atoms with Gasteiger partial charge >= 0.3 is 0 Å². The highest BCUT2D eigenvalue weighted by atomic mass is 15.2. The summed E-state index contributed by atoms with van der Waals surface area (Å²) in [5.41, 5.74) is 6.41. The first-order chi connectivity index (χ1) is 8.54. The van der Waals surface area contributed by atoms with E-state index in [-0.39, 0.29) is 5.54 Å². The largest absolute Gasteiger partial charge is 0.329 e. The zero-order valence-corrected chi connectivity index (χ0v) is 12.9. The second-order valence-corrected chi connectivity index (χ2v) is 6.36. The van der Waals surface area contributed by atoms with Crippen LogP contribution < -0.4 is 5.73 Å². The molecule has 1 aliphatic rings. The maximum Gasteiger partial charge on any atom is 0.0329 e. The van der Waals surface area contributed by atoms with E-state index in [0.717, 1.165) is 25.6 Å². The summed E-state index contributed by atoms with van der Waals surface area (Å²) in [6, 6.07) is 0. The highest BCUT2D eigenvalue weighted by molar-refractivity contribution is 4.93. The number of hydrogen-bond donors (Lipinski definition) is 1. The molecule has 0 bridgehead atoms. The van der Waals surface area contributed by atoms with E-state index in [1.165, 1.54) is 38.5 Å². The zero-order valence-electron chi connectivity index (χ0n) is 12.9. The van der Waals surface area contributed by atoms with Gasteiger partial charge < -0.3 is 10.6 Å². The molecule has 3 nitrogen and oxygen atoms in total. The van der Waals surface area contributed by atoms with Crippen LogP contribution in [-0.4, -0.2) is 56.1 Å². The summed E-state index contributed by atoms with van der Waals surface area (Å²) in [5.74, 6) is 0.931. The normalized spacial score (nSPS) is 29.8. The van der Waals surface area contributed by atoms with Crippen molar-refractivity contribution < 1.29 is 0 Å². The van der Waals surface area contributed by atoms with Crippen molar-refractivity contribution in [3.8, 4) is 0 Å². The SMILES string of the molecule is CCC1CCCC(CN)(N(C)CCN(C)C)CC1. The van der Waals surface area contributed by atoms with Crippen LogP contribution in [0.4, 0.5) is 0 Å². The van der Waals surface area contributed by atoms with Crippen LogP contribution >= 0.6 is 0 Å². The topological polar surface area (TPSA) is 32.5 Å². The quantitative estimate of drug-likeness (QED) is 0.738. The summed E-state index contributed by atoms with van der Waals surface area (Å²) in [6.07, 6.45) is 8.01. The minimum atomic E-state index is 0.264. The molecule has 0 radical (unpaired) electrons. The third kappa shape index (κ3) is 4.22. The molecule has 18 heavy (non-hydrogen) atoms. The van der Waals surface area contributed by atoms with Gasteiger partial charge in [0.15, 0.2) is 0 Å². The second-order valence-electron chi connectivity index (χ2n) is 6.36. The van der Waals surface area contributed by atoms with Crippen molar-refractivity contribution >= 4 is 0 Å². The lowest BCUT2D eigenvalue weighted by molar-refractivity contribution is 0.0979. The van der Waals surface area contributed by atoms with Crippen LogP contribution in [0.2, 0.25) is 0 Å². The minimum absolute atomic E-state index is 0.264. The van der Waals surface area contributed by atoms with Crippen LogP contribution in [0.3, 0.4) is 0 Å². The molecule has 0 amide bonds. The molecule has 0 saturated heterocycles. The predicted molar refractivity (Wildman–Crippen MR) is 79.8 cm³/mol. The van der Waals surface area contributed by atoms with Gasteiger partial charge in [-0.2, -0.15) is 0 Å². The molecule has 0 aromatic heterocycles. The molecule has 0 aliphatic heterocycles. The fourth-order valence-electron chi connectivity index (χ4n) is 3.20. The van der Waals surface area contributed by atoms with Gasteiger partial charge in [0.1, 0.15) is 0 Å². The van der Waals surface area contributed by atoms with Crippen molar-refractivity contribution in [2.45, 2.75) is 51.0 Å². The smallest absolute Gasteiger partial charge is 0.0329 e. The van der Waals surface area contributed by atoms with Gasteiger partial charge in [0.05, 0.1) is 0 Å². The first kappa shape index (κ1) is 15.9. The molecular weight excluding hydrogens is 222 g/mol. The monoisotopic (exact) mass is 255 g/mol. The number of nitrogens with zero attached hydrogens (tertiary/aromatic N) is 2. The molecule has 108 valence electrons. The van der Waals surface area contributed by atoms with E-state index in [0.29, 0.717) is 0 Å². The lowest BCUT2D eigenvalue weighted by Gasteiger charge is -2.41. The summed E-state index contributed by atoms with van der Waals surface area (Å²) in [7, 11) is 6.55. The van der Waals surface area contributed by atoms with Crippen LogP contribution in [0.1, 0.15) is 45.4 Å². The molecule has 1 rings (SSSR count). The number of nitrogens with two attached hydrogens (primary N) is 1. The van der Waals surface area contributed by atoms with E-state index in [2.05, 4.69) is 37.9 Å². The Labute approximate surface area is 114 Å². The molecule has 2 atom stereocenters. The first-order valence-electron chi connectivity index (χ1n) is 7.60. The molecule has 2 unspecified atom stereocenters. The molecular formula is C15H33N3. The average Bonchev–Trinajstić information content (AvgIpc) is 2.58. The lowest BCUT2D eigenvalue weighted by atomic mass is 9.87. The Morgan fingerprint density at radius 2 is 1.83 bits per heavy atom. The van der Waals surface area contributed by atoms with Crippen molar-refractivity contribution in [2.24, 2.45) is 11.7 Å². The summed E-state index contributed by atoms with van der Waals surface area (Å²) in [5, 5.41) is 0. The van der Waals surface area contributed by atoms with E-state index in [1.54, 1.807) is 0 Å². The Hall–Kier alpha value is -0.120. The van der Waals surface area contributed by atoms with Gasteiger partial charge in [0.2, 0.25) is 0 Å². The van der Waals surface area contributed by atoms with Gasteiger partial charge in [0.25, 0.3) is 0 Å². The highest BCUT2D eigenvalue weighted by Gasteiger charge is 2.35. The van der Waals surface area contributed by atoms with Gasteiger partial charge in [-0.3, -0.25) is 4.90 Å². The third-order valence-electron chi connectivity index (χ3n) is 4.92. The van der Waals surface area contributed by atoms with E-state index >= 15 is 0 Å². The van der Waals surface area contributed by atoms with Crippen molar-refractivity contribution in [3.63, 3.8) is 0 Å². The maximum atomic E-state index is 6.15. The standard InChI is InChI=1S/C15H33N3/c1-5-14-7-6-9-15(13-16,10-8-14)18(4)12-11-17(2)3/h14H,5-13,16H2,1-4H3. The zero-order chi connectivity index (χ0) is 13.6. The Morgan fingerprint density at radius 1 is 1.11 bits per heavy atom. The number of hydrogen-bond acceptors (Lipinski definition) is 3. The first-order valence-corrected chi connectivity index (χ1v) is 7.60. The van der Waals surface area contributed by atoms with Crippen LogP contribution in [0.5, 0.6) is 0 Å². The number of likely N-dealkylation sites (N-methyl/N-ethyl adjacent to an activating group) is 2. The van der Waals surface area contributed by atoms with Gasteiger partial charge in [-0.15, -0.1) is 0 Å². The molecule has 0 heterocycles. The van der Waals surface area contributed by atoms with Crippen molar-refractivity contribution in [3.05, 3.63) is 0 Å². The molecule has 2 N–H and O–H groups in total. The molecule has 0 spiro atoms. The Bertz CT molecular complexity index is 230. The third-order valence-corrected chi connectivity index (χ3v) is 4.92. The van der Waals surface area contributed by atoms with Crippen LogP contribution in [0, 0.1) is 5.92 Å². The number of rotatable bonds is 6. The molecule has 0 aromatic rings. The van der Waals surface area contributed by atoms with Crippen molar-refractivity contribution in [1.29, 1.82) is 0 Å². The van der Waals surface area contributed by atoms with Gasteiger partial charge in [-0.1, -0.05) is 26.2 Å². The van der Waals surface area contributed by atoms with Crippen molar-refractivity contribution in [1.82, 2.24) is 9.80 Å². The summed E-state index contributed by atoms with van der Waals surface area (Å²) >= 11 is 0. The van der Waals surface area contributed by atoms with E-state index in [1.807, 2.05) is 0 Å². The van der Waals surface area contributed by atoms with E-state index in [9.17, 15) is 0 Å². The summed E-state index contributed by atoms with van der Waals surface area (Å²) < 4.78 is 0. The lowest BCUT2D eigenvalue weighted by Crippen LogP contribution is -2.53.